The maximum absolute atomic E-state index is 11.5. The number of benzene rings is 1. The maximum atomic E-state index is 11.5. The lowest BCUT2D eigenvalue weighted by atomic mass is 10.1. The van der Waals surface area contributed by atoms with Gasteiger partial charge in [-0.2, -0.15) is 5.26 Å². The Balaban J connectivity index is 3.49. The molecule has 0 unspecified atom stereocenters. The van der Waals surface area contributed by atoms with Gasteiger partial charge in [-0.3, -0.25) is 10.1 Å². The van der Waals surface area contributed by atoms with Gasteiger partial charge in [-0.05, 0) is 13.0 Å². The highest BCUT2D eigenvalue weighted by atomic mass is 16.6. The van der Waals surface area contributed by atoms with E-state index in [0.717, 1.165) is 6.07 Å². The van der Waals surface area contributed by atoms with Crippen LogP contribution in [-0.2, 0) is 9.53 Å². The summed E-state index contributed by atoms with van der Waals surface area (Å²) >= 11 is 0. The van der Waals surface area contributed by atoms with E-state index in [1.54, 1.807) is 0 Å². The first kappa shape index (κ1) is 15.8. The van der Waals surface area contributed by atoms with Crippen LogP contribution in [0.25, 0.3) is 5.76 Å². The van der Waals surface area contributed by atoms with Crippen molar-refractivity contribution in [3.63, 3.8) is 0 Å². The molecular formula is C12H10N2O7. The quantitative estimate of drug-likeness (QED) is 0.143. The molecule has 9 nitrogen and oxygen atoms in total. The number of ether oxygens (including phenoxy) is 1. The van der Waals surface area contributed by atoms with Crippen molar-refractivity contribution in [2.24, 2.45) is 0 Å². The summed E-state index contributed by atoms with van der Waals surface area (Å²) in [5.74, 6) is -3.90. The van der Waals surface area contributed by atoms with Crippen LogP contribution in [-0.4, -0.2) is 32.8 Å². The lowest BCUT2D eigenvalue weighted by Gasteiger charge is -2.06. The summed E-state index contributed by atoms with van der Waals surface area (Å²) in [4.78, 5) is 21.2. The van der Waals surface area contributed by atoms with Crippen LogP contribution in [0.4, 0.5) is 5.69 Å². The van der Waals surface area contributed by atoms with E-state index >= 15 is 0 Å². The Labute approximate surface area is 118 Å². The van der Waals surface area contributed by atoms with Crippen LogP contribution in [0.1, 0.15) is 12.5 Å². The summed E-state index contributed by atoms with van der Waals surface area (Å²) in [6.45, 7) is 1.44. The standard InChI is InChI=1S/C12H10N2O7/c1-2-21-12(18)7(5-13)10(16)6-3-8(14(19)20)11(17)9(15)4-6/h3-4,15-17H,2H2,1H3/b10-7-. The summed E-state index contributed by atoms with van der Waals surface area (Å²) < 4.78 is 4.54. The lowest BCUT2D eigenvalue weighted by Crippen LogP contribution is -2.08. The number of nitro benzene ring substituents is 1. The molecule has 110 valence electrons. The van der Waals surface area contributed by atoms with E-state index in [9.17, 15) is 30.2 Å². The Morgan fingerprint density at radius 2 is 2.10 bits per heavy atom. The number of phenols is 2. The normalized spacial score (nSPS) is 11.2. The number of carbonyl (C=O) groups is 1. The molecule has 0 spiro atoms. The minimum absolute atomic E-state index is 0.0434. The number of hydrogen-bond acceptors (Lipinski definition) is 8. The third-order valence-corrected chi connectivity index (χ3v) is 2.37. The largest absolute Gasteiger partial charge is 0.506 e. The predicted molar refractivity (Wildman–Crippen MR) is 68.2 cm³/mol. The summed E-state index contributed by atoms with van der Waals surface area (Å²) in [5, 5.41) is 48.1. The molecule has 3 N–H and O–H groups in total. The van der Waals surface area contributed by atoms with Gasteiger partial charge in [0.05, 0.1) is 11.5 Å². The number of nitrogens with zero attached hydrogens (tertiary/aromatic N) is 2. The number of rotatable bonds is 4. The molecule has 1 aromatic rings. The van der Waals surface area contributed by atoms with Crippen molar-refractivity contribution in [3.05, 3.63) is 33.4 Å². The Morgan fingerprint density at radius 1 is 1.48 bits per heavy atom. The third-order valence-electron chi connectivity index (χ3n) is 2.37. The van der Waals surface area contributed by atoms with Crippen molar-refractivity contribution in [1.82, 2.24) is 0 Å². The molecule has 0 saturated heterocycles. The fraction of sp³-hybridized carbons (Fsp3) is 0.167. The van der Waals surface area contributed by atoms with Crippen molar-refractivity contribution < 1.29 is 29.8 Å². The van der Waals surface area contributed by atoms with E-state index in [4.69, 9.17) is 5.26 Å². The fourth-order valence-electron chi connectivity index (χ4n) is 1.42. The number of nitro groups is 1. The topological polar surface area (TPSA) is 154 Å². The zero-order chi connectivity index (χ0) is 16.2. The summed E-state index contributed by atoms with van der Waals surface area (Å²) in [7, 11) is 0. The van der Waals surface area contributed by atoms with Gasteiger partial charge in [0.15, 0.2) is 11.3 Å². The Hall–Kier alpha value is -3.28. The number of aliphatic hydroxyl groups is 1. The second-order valence-electron chi connectivity index (χ2n) is 3.68. The molecule has 0 bridgehead atoms. The first-order valence-corrected chi connectivity index (χ1v) is 5.54. The fourth-order valence-corrected chi connectivity index (χ4v) is 1.42. The smallest absolute Gasteiger partial charge is 0.352 e. The van der Waals surface area contributed by atoms with E-state index in [1.807, 2.05) is 0 Å². The first-order valence-electron chi connectivity index (χ1n) is 5.54. The molecule has 9 heteroatoms. The molecule has 0 aliphatic rings. The number of carbonyl (C=O) groups excluding carboxylic acids is 1. The number of aromatic hydroxyl groups is 2. The monoisotopic (exact) mass is 294 g/mol. The number of nitriles is 1. The molecule has 0 saturated carbocycles. The molecule has 21 heavy (non-hydrogen) atoms. The molecule has 0 aliphatic carbocycles. The SMILES string of the molecule is CCOC(=O)/C(C#N)=C(\O)c1cc(O)c(O)c([N+](=O)[O-])c1. The number of phenolic OH excluding ortho intramolecular Hbond substituents is 2. The maximum Gasteiger partial charge on any atom is 0.352 e. The molecule has 0 atom stereocenters. The van der Waals surface area contributed by atoms with Crippen LogP contribution in [0.2, 0.25) is 0 Å². The number of aliphatic hydroxyl groups excluding tert-OH is 1. The van der Waals surface area contributed by atoms with E-state index in [2.05, 4.69) is 4.74 Å². The molecule has 0 fully saturated rings. The van der Waals surface area contributed by atoms with Crippen molar-refractivity contribution in [2.75, 3.05) is 6.61 Å². The van der Waals surface area contributed by atoms with Gasteiger partial charge >= 0.3 is 11.7 Å². The molecule has 0 aliphatic heterocycles. The van der Waals surface area contributed by atoms with Crippen LogP contribution < -0.4 is 0 Å². The second-order valence-corrected chi connectivity index (χ2v) is 3.68. The van der Waals surface area contributed by atoms with Crippen molar-refractivity contribution in [2.45, 2.75) is 6.92 Å². The van der Waals surface area contributed by atoms with Crippen molar-refractivity contribution in [1.29, 1.82) is 5.26 Å². The predicted octanol–water partition coefficient (Wildman–Crippen LogP) is 1.36. The molecule has 0 amide bonds. The van der Waals surface area contributed by atoms with Gasteiger partial charge in [-0.1, -0.05) is 0 Å². The third kappa shape index (κ3) is 3.19. The van der Waals surface area contributed by atoms with Gasteiger partial charge in [-0.25, -0.2) is 4.79 Å². The average Bonchev–Trinajstić information content (AvgIpc) is 2.42. The lowest BCUT2D eigenvalue weighted by molar-refractivity contribution is -0.386. The summed E-state index contributed by atoms with van der Waals surface area (Å²) in [6, 6.07) is 2.89. The van der Waals surface area contributed by atoms with E-state index in [-0.39, 0.29) is 12.2 Å². The van der Waals surface area contributed by atoms with Gasteiger partial charge in [0, 0.05) is 11.6 Å². The van der Waals surface area contributed by atoms with Gasteiger partial charge < -0.3 is 20.1 Å². The number of esters is 1. The van der Waals surface area contributed by atoms with E-state index in [0.29, 0.717) is 6.07 Å². The first-order chi connectivity index (χ1) is 9.83. The zero-order valence-electron chi connectivity index (χ0n) is 10.7. The van der Waals surface area contributed by atoms with Crippen LogP contribution in [0.15, 0.2) is 17.7 Å². The minimum atomic E-state index is -1.12. The van der Waals surface area contributed by atoms with Gasteiger partial charge in [0.1, 0.15) is 11.8 Å². The van der Waals surface area contributed by atoms with E-state index in [1.165, 1.54) is 13.0 Å². The molecular weight excluding hydrogens is 284 g/mol. The highest BCUT2D eigenvalue weighted by Gasteiger charge is 2.24. The van der Waals surface area contributed by atoms with Gasteiger partial charge in [0.25, 0.3) is 0 Å². The Kier molecular flexibility index (Phi) is 4.69. The van der Waals surface area contributed by atoms with Crippen LogP contribution in [0, 0.1) is 21.4 Å². The van der Waals surface area contributed by atoms with Crippen LogP contribution in [0.3, 0.4) is 0 Å². The zero-order valence-corrected chi connectivity index (χ0v) is 10.7. The Morgan fingerprint density at radius 3 is 2.57 bits per heavy atom. The minimum Gasteiger partial charge on any atom is -0.506 e. The van der Waals surface area contributed by atoms with Gasteiger partial charge in [0.2, 0.25) is 5.75 Å². The number of hydrogen-bond donors (Lipinski definition) is 3. The van der Waals surface area contributed by atoms with E-state index < -0.39 is 39.4 Å². The summed E-state index contributed by atoms with van der Waals surface area (Å²) in [5.41, 5.74) is -2.06. The molecule has 1 rings (SSSR count). The highest BCUT2D eigenvalue weighted by molar-refractivity contribution is 6.00. The van der Waals surface area contributed by atoms with Crippen molar-refractivity contribution >= 4 is 17.4 Å². The molecule has 1 aromatic carbocycles. The highest BCUT2D eigenvalue weighted by Crippen LogP contribution is 2.38. The molecule has 0 heterocycles. The summed E-state index contributed by atoms with van der Waals surface area (Å²) in [6.07, 6.45) is 0. The Bertz CT molecular complexity index is 673. The van der Waals surface area contributed by atoms with Crippen molar-refractivity contribution in [3.8, 4) is 17.6 Å². The second kappa shape index (κ2) is 6.25. The van der Waals surface area contributed by atoms with Gasteiger partial charge in [-0.15, -0.1) is 0 Å². The van der Waals surface area contributed by atoms with Crippen LogP contribution >= 0.6 is 0 Å². The molecule has 0 radical (unpaired) electrons. The molecule has 0 aromatic heterocycles. The average molecular weight is 294 g/mol. The van der Waals surface area contributed by atoms with Crippen LogP contribution in [0.5, 0.6) is 11.5 Å².